The van der Waals surface area contributed by atoms with Crippen LogP contribution in [0.2, 0.25) is 0 Å². The lowest BCUT2D eigenvalue weighted by Gasteiger charge is -2.28. The molecule has 1 saturated heterocycles. The highest BCUT2D eigenvalue weighted by molar-refractivity contribution is 7.91. The first-order valence-corrected chi connectivity index (χ1v) is 12.1. The molecule has 1 fully saturated rings. The first-order chi connectivity index (χ1) is 12.5. The van der Waals surface area contributed by atoms with Gasteiger partial charge in [-0.2, -0.15) is 11.3 Å². The van der Waals surface area contributed by atoms with Crippen molar-refractivity contribution in [3.63, 3.8) is 0 Å². The van der Waals surface area contributed by atoms with Crippen molar-refractivity contribution in [3.05, 3.63) is 27.9 Å². The number of hydrogen-bond acceptors (Lipinski definition) is 7. The van der Waals surface area contributed by atoms with Crippen molar-refractivity contribution in [1.82, 2.24) is 9.88 Å². The molecule has 1 unspecified atom stereocenters. The summed E-state index contributed by atoms with van der Waals surface area (Å²) in [5, 5.41) is 6.84. The molecule has 3 rings (SSSR count). The minimum atomic E-state index is -3.04. The summed E-state index contributed by atoms with van der Waals surface area (Å²) in [4.78, 5) is 19.1. The molecule has 1 atom stereocenters. The van der Waals surface area contributed by atoms with E-state index >= 15 is 0 Å². The summed E-state index contributed by atoms with van der Waals surface area (Å²) in [5.74, 6) is 0.151. The van der Waals surface area contributed by atoms with Gasteiger partial charge in [-0.3, -0.25) is 4.79 Å². The van der Waals surface area contributed by atoms with Crippen molar-refractivity contribution in [3.8, 4) is 10.6 Å². The lowest BCUT2D eigenvalue weighted by atomic mass is 10.2. The number of thiophene rings is 1. The maximum absolute atomic E-state index is 12.9. The molecule has 142 valence electrons. The zero-order valence-electron chi connectivity index (χ0n) is 14.6. The van der Waals surface area contributed by atoms with E-state index in [1.807, 2.05) is 22.2 Å². The molecule has 9 heteroatoms. The van der Waals surface area contributed by atoms with E-state index in [1.165, 1.54) is 11.3 Å². The second kappa shape index (κ2) is 8.60. The van der Waals surface area contributed by atoms with Gasteiger partial charge >= 0.3 is 0 Å². The van der Waals surface area contributed by atoms with Crippen LogP contribution in [0.4, 0.5) is 0 Å². The molecule has 0 radical (unpaired) electrons. The van der Waals surface area contributed by atoms with E-state index in [2.05, 4.69) is 4.98 Å². The molecule has 2 aromatic heterocycles. The number of methoxy groups -OCH3 is 1. The molecule has 0 aliphatic carbocycles. The normalized spacial score (nSPS) is 18.9. The Labute approximate surface area is 161 Å². The number of hydrogen-bond donors (Lipinski definition) is 0. The van der Waals surface area contributed by atoms with Crippen LogP contribution in [0.5, 0.6) is 0 Å². The van der Waals surface area contributed by atoms with E-state index in [4.69, 9.17) is 4.74 Å². The van der Waals surface area contributed by atoms with Crippen molar-refractivity contribution in [2.75, 3.05) is 31.8 Å². The Morgan fingerprint density at radius 2 is 2.27 bits per heavy atom. The third-order valence-electron chi connectivity index (χ3n) is 4.37. The number of carbonyl (C=O) groups excluding carboxylic acids is 1. The number of amides is 1. The third kappa shape index (κ3) is 4.91. The van der Waals surface area contributed by atoms with Gasteiger partial charge in [0, 0.05) is 42.6 Å². The fourth-order valence-corrected chi connectivity index (χ4v) is 6.34. The number of rotatable bonds is 8. The highest BCUT2D eigenvalue weighted by Gasteiger charge is 2.34. The SMILES string of the molecule is COCCCN(C(=O)Cc1csc(-c2ccsc2)n1)C1CCS(=O)(=O)C1. The summed E-state index contributed by atoms with van der Waals surface area (Å²) in [7, 11) is -1.42. The lowest BCUT2D eigenvalue weighted by Crippen LogP contribution is -2.43. The number of ether oxygens (including phenoxy) is 1. The van der Waals surface area contributed by atoms with Gasteiger partial charge in [-0.25, -0.2) is 13.4 Å². The van der Waals surface area contributed by atoms with Gasteiger partial charge in [-0.1, -0.05) is 0 Å². The van der Waals surface area contributed by atoms with Crippen LogP contribution in [0.15, 0.2) is 22.2 Å². The summed E-state index contributed by atoms with van der Waals surface area (Å²) >= 11 is 3.14. The Hall–Kier alpha value is -1.29. The number of nitrogens with zero attached hydrogens (tertiary/aromatic N) is 2. The Morgan fingerprint density at radius 3 is 2.92 bits per heavy atom. The zero-order valence-corrected chi connectivity index (χ0v) is 17.0. The average Bonchev–Trinajstić information content (AvgIpc) is 3.32. The van der Waals surface area contributed by atoms with Crippen LogP contribution in [0.1, 0.15) is 18.5 Å². The Kier molecular flexibility index (Phi) is 6.44. The lowest BCUT2D eigenvalue weighted by molar-refractivity contribution is -0.132. The van der Waals surface area contributed by atoms with Crippen LogP contribution in [0, 0.1) is 0 Å². The number of carbonyl (C=O) groups is 1. The number of aromatic nitrogens is 1. The van der Waals surface area contributed by atoms with E-state index in [0.717, 1.165) is 16.3 Å². The van der Waals surface area contributed by atoms with Gasteiger partial charge in [-0.05, 0) is 24.3 Å². The molecule has 1 aliphatic rings. The highest BCUT2D eigenvalue weighted by Crippen LogP contribution is 2.26. The average molecular weight is 415 g/mol. The number of sulfone groups is 1. The molecule has 3 heterocycles. The number of thiazole rings is 1. The van der Waals surface area contributed by atoms with Crippen LogP contribution in [-0.2, 0) is 25.8 Å². The third-order valence-corrected chi connectivity index (χ3v) is 7.74. The van der Waals surface area contributed by atoms with Crippen LogP contribution in [0.25, 0.3) is 10.6 Å². The maximum Gasteiger partial charge on any atom is 0.228 e. The molecule has 0 spiro atoms. The molecule has 1 aliphatic heterocycles. The largest absolute Gasteiger partial charge is 0.385 e. The maximum atomic E-state index is 12.9. The van der Waals surface area contributed by atoms with E-state index < -0.39 is 9.84 Å². The molecule has 0 saturated carbocycles. The Balaban J connectivity index is 1.68. The van der Waals surface area contributed by atoms with Gasteiger partial charge in [-0.15, -0.1) is 11.3 Å². The molecule has 2 aromatic rings. The first kappa shape index (κ1) is 19.5. The molecular formula is C17H22N2O4S3. The van der Waals surface area contributed by atoms with Crippen molar-refractivity contribution in [1.29, 1.82) is 0 Å². The Bertz CT molecular complexity index is 830. The predicted octanol–water partition coefficient (Wildman–Crippen LogP) is 2.47. The van der Waals surface area contributed by atoms with Crippen LogP contribution >= 0.6 is 22.7 Å². The molecule has 0 bridgehead atoms. The molecule has 1 amide bonds. The summed E-state index contributed by atoms with van der Waals surface area (Å²) < 4.78 is 28.7. The first-order valence-electron chi connectivity index (χ1n) is 8.44. The second-order valence-electron chi connectivity index (χ2n) is 6.32. The summed E-state index contributed by atoms with van der Waals surface area (Å²) in [5.41, 5.74) is 1.80. The molecule has 6 nitrogen and oxygen atoms in total. The van der Waals surface area contributed by atoms with E-state index in [0.29, 0.717) is 26.0 Å². The van der Waals surface area contributed by atoms with Gasteiger partial charge in [0.25, 0.3) is 0 Å². The summed E-state index contributed by atoms with van der Waals surface area (Å²) in [6, 6.07) is 1.77. The van der Waals surface area contributed by atoms with E-state index in [1.54, 1.807) is 23.3 Å². The molecular weight excluding hydrogens is 392 g/mol. The van der Waals surface area contributed by atoms with Crippen LogP contribution in [-0.4, -0.2) is 62.0 Å². The van der Waals surface area contributed by atoms with Gasteiger partial charge in [0.15, 0.2) is 9.84 Å². The summed E-state index contributed by atoms with van der Waals surface area (Å²) in [6.07, 6.45) is 1.40. The van der Waals surface area contributed by atoms with Crippen molar-refractivity contribution >= 4 is 38.4 Å². The summed E-state index contributed by atoms with van der Waals surface area (Å²) in [6.45, 7) is 1.05. The predicted molar refractivity (Wildman–Crippen MR) is 104 cm³/mol. The monoisotopic (exact) mass is 414 g/mol. The quantitative estimate of drug-likeness (QED) is 0.620. The van der Waals surface area contributed by atoms with Crippen LogP contribution < -0.4 is 0 Å². The Morgan fingerprint density at radius 1 is 1.42 bits per heavy atom. The van der Waals surface area contributed by atoms with Crippen molar-refractivity contribution < 1.29 is 17.9 Å². The van der Waals surface area contributed by atoms with Crippen molar-refractivity contribution in [2.45, 2.75) is 25.3 Å². The van der Waals surface area contributed by atoms with E-state index in [-0.39, 0.29) is 29.9 Å². The molecule has 0 N–H and O–H groups in total. The zero-order chi connectivity index (χ0) is 18.6. The van der Waals surface area contributed by atoms with Gasteiger partial charge in [0.2, 0.25) is 5.91 Å². The molecule has 0 aromatic carbocycles. The van der Waals surface area contributed by atoms with E-state index in [9.17, 15) is 13.2 Å². The topological polar surface area (TPSA) is 76.6 Å². The van der Waals surface area contributed by atoms with Gasteiger partial charge in [0.1, 0.15) is 5.01 Å². The highest BCUT2D eigenvalue weighted by atomic mass is 32.2. The minimum absolute atomic E-state index is 0.0585. The smallest absolute Gasteiger partial charge is 0.228 e. The fraction of sp³-hybridized carbons (Fsp3) is 0.529. The second-order valence-corrected chi connectivity index (χ2v) is 10.2. The molecule has 26 heavy (non-hydrogen) atoms. The van der Waals surface area contributed by atoms with Gasteiger partial charge < -0.3 is 9.64 Å². The standard InChI is InChI=1S/C17H22N2O4S3/c1-23-6-2-5-19(15-4-8-26(21,22)12-15)16(20)9-14-11-25-17(18-14)13-3-7-24-10-13/h3,7,10-11,15H,2,4-6,8-9,12H2,1H3. The van der Waals surface area contributed by atoms with Crippen molar-refractivity contribution in [2.24, 2.45) is 0 Å². The minimum Gasteiger partial charge on any atom is -0.385 e. The van der Waals surface area contributed by atoms with Gasteiger partial charge in [0.05, 0.1) is 23.6 Å². The fourth-order valence-electron chi connectivity index (χ4n) is 3.07. The van der Waals surface area contributed by atoms with Crippen LogP contribution in [0.3, 0.4) is 0 Å².